The van der Waals surface area contributed by atoms with Gasteiger partial charge in [-0.15, -0.1) is 0 Å². The van der Waals surface area contributed by atoms with Crippen LogP contribution in [-0.2, 0) is 19.5 Å². The third-order valence-electron chi connectivity index (χ3n) is 9.50. The van der Waals surface area contributed by atoms with Crippen LogP contribution in [-0.4, -0.2) is 87.0 Å². The fourth-order valence-corrected chi connectivity index (χ4v) is 8.32. The van der Waals surface area contributed by atoms with Gasteiger partial charge in [-0.3, -0.25) is 4.90 Å². The van der Waals surface area contributed by atoms with Crippen LogP contribution in [0.25, 0.3) is 33.4 Å². The molecule has 11 heteroatoms. The van der Waals surface area contributed by atoms with Gasteiger partial charge in [-0.25, -0.2) is 17.4 Å². The van der Waals surface area contributed by atoms with Gasteiger partial charge >= 0.3 is 0 Å². The zero-order chi connectivity index (χ0) is 32.7. The van der Waals surface area contributed by atoms with Crippen molar-refractivity contribution in [3.63, 3.8) is 0 Å². The van der Waals surface area contributed by atoms with E-state index < -0.39 is 10.0 Å². The first-order valence-electron chi connectivity index (χ1n) is 16.3. The summed E-state index contributed by atoms with van der Waals surface area (Å²) in [6.45, 7) is 6.26. The number of benzene rings is 3. The molecule has 10 nitrogen and oxygen atoms in total. The Balaban J connectivity index is 1.19. The van der Waals surface area contributed by atoms with Gasteiger partial charge < -0.3 is 19.1 Å². The summed E-state index contributed by atoms with van der Waals surface area (Å²) < 4.78 is 47.1. The minimum atomic E-state index is -4.03. The van der Waals surface area contributed by atoms with Crippen LogP contribution in [0.5, 0.6) is 5.75 Å². The number of nitriles is 1. The molecule has 0 radical (unpaired) electrons. The standard InChI is InChI=1S/C37H35N5O5S/c38-22-28-20-27(8-11-36(28)47-31-13-15-41(23-31)30-24-46-25-30)33-12-14-39-37-34(33)21-35(42(37)48(43,44)32-4-2-1-3-5-32)26-6-9-29(10-7-26)40-16-18-45-19-17-40/h1-12,14,20-21,30-31H,13,15-19,23-25H2/t31-/m1/s1. The molecule has 0 amide bonds. The number of rotatable bonds is 8. The largest absolute Gasteiger partial charge is 0.488 e. The fourth-order valence-electron chi connectivity index (χ4n) is 6.82. The highest BCUT2D eigenvalue weighted by molar-refractivity contribution is 7.90. The first kappa shape index (κ1) is 30.6. The third kappa shape index (κ3) is 5.61. The molecule has 3 aliphatic rings. The van der Waals surface area contributed by atoms with E-state index in [2.05, 4.69) is 20.9 Å². The number of hydrogen-bond acceptors (Lipinski definition) is 9. The van der Waals surface area contributed by atoms with E-state index in [0.717, 1.165) is 68.2 Å². The Hall–Kier alpha value is -4.73. The maximum Gasteiger partial charge on any atom is 0.269 e. The number of pyridine rings is 1. The second kappa shape index (κ2) is 12.7. The molecule has 2 aromatic heterocycles. The average molecular weight is 662 g/mol. The Labute approximate surface area is 279 Å². The van der Waals surface area contributed by atoms with Crippen molar-refractivity contribution in [2.24, 2.45) is 0 Å². The van der Waals surface area contributed by atoms with E-state index in [4.69, 9.17) is 14.2 Å². The minimum Gasteiger partial charge on any atom is -0.488 e. The van der Waals surface area contributed by atoms with Gasteiger partial charge in [0, 0.05) is 43.4 Å². The summed E-state index contributed by atoms with van der Waals surface area (Å²) in [7, 11) is -4.03. The Kier molecular flexibility index (Phi) is 8.10. The minimum absolute atomic E-state index is 0.00519. The molecule has 3 saturated heterocycles. The molecule has 0 aliphatic carbocycles. The van der Waals surface area contributed by atoms with Crippen molar-refractivity contribution >= 4 is 26.7 Å². The molecule has 0 unspecified atom stereocenters. The molecule has 3 fully saturated rings. The summed E-state index contributed by atoms with van der Waals surface area (Å²) >= 11 is 0. The van der Waals surface area contributed by atoms with E-state index in [1.807, 2.05) is 54.6 Å². The van der Waals surface area contributed by atoms with Crippen LogP contribution in [0.15, 0.2) is 96.0 Å². The lowest BCUT2D eigenvalue weighted by Crippen LogP contribution is -2.48. The van der Waals surface area contributed by atoms with Crippen LogP contribution < -0.4 is 9.64 Å². The summed E-state index contributed by atoms with van der Waals surface area (Å²) in [5, 5.41) is 10.8. The van der Waals surface area contributed by atoms with Gasteiger partial charge in [-0.05, 0) is 71.6 Å². The van der Waals surface area contributed by atoms with Crippen molar-refractivity contribution in [1.29, 1.82) is 5.26 Å². The van der Waals surface area contributed by atoms with Crippen molar-refractivity contribution in [3.8, 4) is 34.2 Å². The van der Waals surface area contributed by atoms with E-state index >= 15 is 0 Å². The van der Waals surface area contributed by atoms with Gasteiger partial charge in [-0.1, -0.05) is 36.4 Å². The first-order valence-corrected chi connectivity index (χ1v) is 17.7. The number of morpholine rings is 1. The first-order chi connectivity index (χ1) is 23.5. The maximum atomic E-state index is 14.3. The Morgan fingerprint density at radius 1 is 0.875 bits per heavy atom. The molecule has 3 aromatic carbocycles. The van der Waals surface area contributed by atoms with Crippen molar-refractivity contribution in [1.82, 2.24) is 13.9 Å². The lowest BCUT2D eigenvalue weighted by Gasteiger charge is -2.34. The topological polar surface area (TPSA) is 110 Å². The number of ether oxygens (including phenoxy) is 3. The number of likely N-dealkylation sites (tertiary alicyclic amines) is 1. The molecule has 0 bridgehead atoms. The molecule has 8 rings (SSSR count). The lowest BCUT2D eigenvalue weighted by atomic mass is 10.0. The Morgan fingerprint density at radius 3 is 2.38 bits per heavy atom. The highest BCUT2D eigenvalue weighted by atomic mass is 32.2. The Morgan fingerprint density at radius 2 is 1.65 bits per heavy atom. The number of aromatic nitrogens is 2. The van der Waals surface area contributed by atoms with Crippen molar-refractivity contribution in [2.45, 2.75) is 23.5 Å². The smallest absolute Gasteiger partial charge is 0.269 e. The predicted octanol–water partition coefficient (Wildman–Crippen LogP) is 5.17. The molecule has 0 N–H and O–H groups in total. The summed E-state index contributed by atoms with van der Waals surface area (Å²) in [5.41, 5.74) is 4.60. The molecular formula is C37H35N5O5S. The quantitative estimate of drug-likeness (QED) is 0.223. The molecule has 0 spiro atoms. The molecule has 244 valence electrons. The van der Waals surface area contributed by atoms with Crippen LogP contribution in [0.3, 0.4) is 0 Å². The van der Waals surface area contributed by atoms with Crippen LogP contribution in [0.2, 0.25) is 0 Å². The number of anilines is 1. The van der Waals surface area contributed by atoms with Crippen LogP contribution in [0, 0.1) is 11.3 Å². The van der Waals surface area contributed by atoms with Gasteiger partial charge in [0.2, 0.25) is 0 Å². The van der Waals surface area contributed by atoms with E-state index in [9.17, 15) is 13.7 Å². The summed E-state index contributed by atoms with van der Waals surface area (Å²) in [6, 6.07) is 28.5. The molecule has 5 heterocycles. The zero-order valence-electron chi connectivity index (χ0n) is 26.4. The van der Waals surface area contributed by atoms with Gasteiger partial charge in [0.1, 0.15) is 17.9 Å². The zero-order valence-corrected chi connectivity index (χ0v) is 27.2. The predicted molar refractivity (Wildman–Crippen MR) is 183 cm³/mol. The maximum absolute atomic E-state index is 14.3. The van der Waals surface area contributed by atoms with Crippen molar-refractivity contribution < 1.29 is 22.6 Å². The fraction of sp³-hybridized carbons (Fsp3) is 0.297. The highest BCUT2D eigenvalue weighted by Gasteiger charge is 2.33. The van der Waals surface area contributed by atoms with Gasteiger partial charge in [0.05, 0.1) is 48.6 Å². The van der Waals surface area contributed by atoms with Gasteiger partial charge in [0.15, 0.2) is 5.65 Å². The summed E-state index contributed by atoms with van der Waals surface area (Å²) in [6.07, 6.45) is 2.52. The molecule has 48 heavy (non-hydrogen) atoms. The van der Waals surface area contributed by atoms with E-state index in [0.29, 0.717) is 47.3 Å². The van der Waals surface area contributed by atoms with E-state index in [1.165, 1.54) is 3.97 Å². The highest BCUT2D eigenvalue weighted by Crippen LogP contribution is 2.38. The van der Waals surface area contributed by atoms with Gasteiger partial charge in [0.25, 0.3) is 10.0 Å². The number of hydrogen-bond donors (Lipinski definition) is 0. The number of fused-ring (bicyclic) bond motifs is 1. The molecule has 1 atom stereocenters. The molecule has 5 aromatic rings. The molecule has 0 saturated carbocycles. The second-order valence-corrected chi connectivity index (χ2v) is 14.2. The van der Waals surface area contributed by atoms with E-state index in [-0.39, 0.29) is 11.0 Å². The second-order valence-electron chi connectivity index (χ2n) is 12.4. The van der Waals surface area contributed by atoms with Crippen molar-refractivity contribution in [3.05, 3.63) is 96.7 Å². The van der Waals surface area contributed by atoms with E-state index in [1.54, 1.807) is 36.5 Å². The normalized spacial score (nSPS) is 18.9. The van der Waals surface area contributed by atoms with Crippen molar-refractivity contribution in [2.75, 3.05) is 57.5 Å². The van der Waals surface area contributed by atoms with Gasteiger partial charge in [-0.2, -0.15) is 5.26 Å². The molecular weight excluding hydrogens is 627 g/mol. The summed E-state index contributed by atoms with van der Waals surface area (Å²) in [5.74, 6) is 0.550. The average Bonchev–Trinajstić information content (AvgIpc) is 3.74. The van der Waals surface area contributed by atoms with Crippen LogP contribution in [0.4, 0.5) is 5.69 Å². The monoisotopic (exact) mass is 661 g/mol. The lowest BCUT2D eigenvalue weighted by molar-refractivity contribution is -0.0592. The van der Waals surface area contributed by atoms with Crippen LogP contribution in [0.1, 0.15) is 12.0 Å². The SMILES string of the molecule is N#Cc1cc(-c2ccnc3c2cc(-c2ccc(N4CCOCC4)cc2)n3S(=O)(=O)c2ccccc2)ccc1O[C@@H]1CCN(C2COC2)C1. The Bertz CT molecular complexity index is 2100. The third-order valence-corrected chi connectivity index (χ3v) is 11.2. The number of nitrogens with zero attached hydrogens (tertiary/aromatic N) is 5. The van der Waals surface area contributed by atoms with Crippen LogP contribution >= 0.6 is 0 Å². The molecule has 3 aliphatic heterocycles. The summed E-state index contributed by atoms with van der Waals surface area (Å²) in [4.78, 5) is 9.44.